The van der Waals surface area contributed by atoms with Gasteiger partial charge in [-0.05, 0) is 18.2 Å². The highest BCUT2D eigenvalue weighted by Gasteiger charge is 2.31. The Bertz CT molecular complexity index is 763. The average Bonchev–Trinajstić information content (AvgIpc) is 2.81. The van der Waals surface area contributed by atoms with Crippen LogP contribution in [0.1, 0.15) is 15.9 Å². The van der Waals surface area contributed by atoms with Gasteiger partial charge in [-0.25, -0.2) is 0 Å². The number of carbonyl (C=O) groups is 2. The molecule has 0 spiro atoms. The van der Waals surface area contributed by atoms with E-state index in [4.69, 9.17) is 4.74 Å². The number of amides is 2. The molecule has 1 aliphatic heterocycles. The molecule has 0 saturated heterocycles. The standard InChI is InChI=1S/C18H16N2O3/c1-12-13-7-3-4-8-14(13)18(22)20(12)11-17(21)19-15-9-5-6-10-16(15)23-2/h3-10H,1,11H2,2H3,(H,19,21). The van der Waals surface area contributed by atoms with Gasteiger partial charge in [-0.1, -0.05) is 36.9 Å². The van der Waals surface area contributed by atoms with Gasteiger partial charge in [0.15, 0.2) is 0 Å². The van der Waals surface area contributed by atoms with E-state index < -0.39 is 0 Å². The van der Waals surface area contributed by atoms with E-state index >= 15 is 0 Å². The first-order chi connectivity index (χ1) is 11.1. The number of rotatable bonds is 4. The third kappa shape index (κ3) is 2.68. The lowest BCUT2D eigenvalue weighted by Gasteiger charge is -2.17. The normalized spacial score (nSPS) is 13.0. The number of nitrogens with zero attached hydrogens (tertiary/aromatic N) is 1. The monoisotopic (exact) mass is 308 g/mol. The molecule has 2 aromatic rings. The lowest BCUT2D eigenvalue weighted by atomic mass is 10.1. The topological polar surface area (TPSA) is 58.6 Å². The van der Waals surface area contributed by atoms with Crippen LogP contribution in [0.3, 0.4) is 0 Å². The molecule has 3 rings (SSSR count). The predicted octanol–water partition coefficient (Wildman–Crippen LogP) is 2.76. The number of nitrogens with one attached hydrogen (secondary N) is 1. The summed E-state index contributed by atoms with van der Waals surface area (Å²) in [6, 6.07) is 14.3. The van der Waals surface area contributed by atoms with Crippen LogP contribution < -0.4 is 10.1 Å². The summed E-state index contributed by atoms with van der Waals surface area (Å²) < 4.78 is 5.20. The number of carbonyl (C=O) groups excluding carboxylic acids is 2. The number of anilines is 1. The molecule has 116 valence electrons. The molecule has 0 saturated carbocycles. The van der Waals surface area contributed by atoms with E-state index in [0.717, 1.165) is 5.56 Å². The third-order valence-electron chi connectivity index (χ3n) is 3.72. The zero-order valence-electron chi connectivity index (χ0n) is 12.7. The minimum Gasteiger partial charge on any atom is -0.495 e. The Morgan fingerprint density at radius 3 is 2.48 bits per heavy atom. The summed E-state index contributed by atoms with van der Waals surface area (Å²) in [5, 5.41) is 2.76. The lowest BCUT2D eigenvalue weighted by Crippen LogP contribution is -2.32. The first-order valence-corrected chi connectivity index (χ1v) is 7.15. The summed E-state index contributed by atoms with van der Waals surface area (Å²) in [6.45, 7) is 3.83. The van der Waals surface area contributed by atoms with Crippen LogP contribution in [0.2, 0.25) is 0 Å². The van der Waals surface area contributed by atoms with Crippen molar-refractivity contribution in [2.45, 2.75) is 0 Å². The second-order valence-corrected chi connectivity index (χ2v) is 5.13. The molecule has 0 aromatic heterocycles. The van der Waals surface area contributed by atoms with Crippen molar-refractivity contribution < 1.29 is 14.3 Å². The second kappa shape index (κ2) is 5.96. The number of hydrogen-bond donors (Lipinski definition) is 1. The fraction of sp³-hybridized carbons (Fsp3) is 0.111. The second-order valence-electron chi connectivity index (χ2n) is 5.13. The van der Waals surface area contributed by atoms with E-state index in [1.54, 1.807) is 30.3 Å². The summed E-state index contributed by atoms with van der Waals surface area (Å²) >= 11 is 0. The van der Waals surface area contributed by atoms with Crippen molar-refractivity contribution in [2.24, 2.45) is 0 Å². The minimum absolute atomic E-state index is 0.0929. The maximum absolute atomic E-state index is 12.4. The molecular formula is C18H16N2O3. The summed E-state index contributed by atoms with van der Waals surface area (Å²) in [5.74, 6) is 0.0493. The van der Waals surface area contributed by atoms with Gasteiger partial charge in [-0.2, -0.15) is 0 Å². The van der Waals surface area contributed by atoms with E-state index in [-0.39, 0.29) is 18.4 Å². The Labute approximate surface area is 134 Å². The largest absolute Gasteiger partial charge is 0.495 e. The van der Waals surface area contributed by atoms with Gasteiger partial charge in [0.25, 0.3) is 5.91 Å². The Morgan fingerprint density at radius 2 is 1.78 bits per heavy atom. The van der Waals surface area contributed by atoms with Crippen molar-refractivity contribution in [2.75, 3.05) is 19.0 Å². The van der Waals surface area contributed by atoms with Crippen LogP contribution in [0, 0.1) is 0 Å². The molecular weight excluding hydrogens is 292 g/mol. The molecule has 0 atom stereocenters. The van der Waals surface area contributed by atoms with Gasteiger partial charge in [0, 0.05) is 16.8 Å². The highest BCUT2D eigenvalue weighted by atomic mass is 16.5. The maximum Gasteiger partial charge on any atom is 0.259 e. The molecule has 2 amide bonds. The van der Waals surface area contributed by atoms with Crippen LogP contribution in [0.5, 0.6) is 5.75 Å². The van der Waals surface area contributed by atoms with E-state index in [1.807, 2.05) is 18.2 Å². The Morgan fingerprint density at radius 1 is 1.13 bits per heavy atom. The summed E-state index contributed by atoms with van der Waals surface area (Å²) in [4.78, 5) is 26.0. The molecule has 1 N–H and O–H groups in total. The molecule has 0 aliphatic carbocycles. The van der Waals surface area contributed by atoms with E-state index in [9.17, 15) is 9.59 Å². The highest BCUT2D eigenvalue weighted by molar-refractivity contribution is 6.11. The van der Waals surface area contributed by atoms with Crippen molar-refractivity contribution >= 4 is 23.2 Å². The van der Waals surface area contributed by atoms with Crippen molar-refractivity contribution in [3.05, 3.63) is 66.2 Å². The van der Waals surface area contributed by atoms with Crippen LogP contribution in [0.25, 0.3) is 5.70 Å². The molecule has 0 radical (unpaired) electrons. The smallest absolute Gasteiger partial charge is 0.259 e. The van der Waals surface area contributed by atoms with Crippen LogP contribution in [0.4, 0.5) is 5.69 Å². The molecule has 5 heteroatoms. The van der Waals surface area contributed by atoms with E-state index in [1.165, 1.54) is 12.0 Å². The summed E-state index contributed by atoms with van der Waals surface area (Å²) in [7, 11) is 1.54. The molecule has 0 fully saturated rings. The predicted molar refractivity (Wildman–Crippen MR) is 88.1 cm³/mol. The zero-order valence-corrected chi connectivity index (χ0v) is 12.7. The molecule has 0 bridgehead atoms. The van der Waals surface area contributed by atoms with Crippen LogP contribution >= 0.6 is 0 Å². The Kier molecular flexibility index (Phi) is 3.85. The quantitative estimate of drug-likeness (QED) is 0.945. The van der Waals surface area contributed by atoms with E-state index in [2.05, 4.69) is 11.9 Å². The first-order valence-electron chi connectivity index (χ1n) is 7.15. The van der Waals surface area contributed by atoms with Gasteiger partial charge < -0.3 is 10.1 Å². The lowest BCUT2D eigenvalue weighted by molar-refractivity contribution is -0.116. The summed E-state index contributed by atoms with van der Waals surface area (Å²) in [5.41, 5.74) is 2.45. The van der Waals surface area contributed by atoms with Gasteiger partial charge in [0.1, 0.15) is 12.3 Å². The number of hydrogen-bond acceptors (Lipinski definition) is 3. The number of methoxy groups -OCH3 is 1. The molecule has 23 heavy (non-hydrogen) atoms. The van der Waals surface area contributed by atoms with Crippen LogP contribution in [0.15, 0.2) is 55.1 Å². The molecule has 5 nitrogen and oxygen atoms in total. The van der Waals surface area contributed by atoms with Gasteiger partial charge in [-0.3, -0.25) is 14.5 Å². The fourth-order valence-electron chi connectivity index (χ4n) is 2.58. The minimum atomic E-state index is -0.309. The SMILES string of the molecule is C=C1c2ccccc2C(=O)N1CC(=O)Nc1ccccc1OC. The summed E-state index contributed by atoms with van der Waals surface area (Å²) in [6.07, 6.45) is 0. The Hall–Kier alpha value is -3.08. The first kappa shape index (κ1) is 14.8. The van der Waals surface area contributed by atoms with Crippen molar-refractivity contribution in [3.63, 3.8) is 0 Å². The van der Waals surface area contributed by atoms with Gasteiger partial charge >= 0.3 is 0 Å². The maximum atomic E-state index is 12.4. The van der Waals surface area contributed by atoms with Gasteiger partial charge in [0.2, 0.25) is 5.91 Å². The number of benzene rings is 2. The van der Waals surface area contributed by atoms with E-state index in [0.29, 0.717) is 22.7 Å². The van der Waals surface area contributed by atoms with Gasteiger partial charge in [0.05, 0.1) is 12.8 Å². The van der Waals surface area contributed by atoms with Crippen molar-refractivity contribution in [1.82, 2.24) is 4.90 Å². The highest BCUT2D eigenvalue weighted by Crippen LogP contribution is 2.31. The molecule has 1 aliphatic rings. The number of ether oxygens (including phenoxy) is 1. The number of fused-ring (bicyclic) bond motifs is 1. The molecule has 1 heterocycles. The van der Waals surface area contributed by atoms with Crippen molar-refractivity contribution in [1.29, 1.82) is 0 Å². The van der Waals surface area contributed by atoms with Crippen LogP contribution in [-0.4, -0.2) is 30.4 Å². The molecule has 2 aromatic carbocycles. The van der Waals surface area contributed by atoms with Crippen molar-refractivity contribution in [3.8, 4) is 5.75 Å². The fourth-order valence-corrected chi connectivity index (χ4v) is 2.58. The third-order valence-corrected chi connectivity index (χ3v) is 3.72. The van der Waals surface area contributed by atoms with Crippen LogP contribution in [-0.2, 0) is 4.79 Å². The number of para-hydroxylation sites is 2. The molecule has 0 unspecified atom stereocenters. The zero-order chi connectivity index (χ0) is 16.4. The Balaban J connectivity index is 1.74. The van der Waals surface area contributed by atoms with Gasteiger partial charge in [-0.15, -0.1) is 0 Å². The average molecular weight is 308 g/mol.